The summed E-state index contributed by atoms with van der Waals surface area (Å²) in [6, 6.07) is 15.8. The molecule has 0 fully saturated rings. The van der Waals surface area contributed by atoms with Gasteiger partial charge < -0.3 is 14.3 Å². The summed E-state index contributed by atoms with van der Waals surface area (Å²) in [4.78, 5) is 13.6. The highest BCUT2D eigenvalue weighted by molar-refractivity contribution is 6.33. The maximum absolute atomic E-state index is 6.44. The smallest absolute Gasteiger partial charge is 0.181 e. The summed E-state index contributed by atoms with van der Waals surface area (Å²) < 4.78 is 7.50. The molecule has 1 N–H and O–H groups in total. The number of hydrogen-bond acceptors (Lipinski definition) is 5. The maximum atomic E-state index is 6.44. The number of anilines is 2. The number of nitrogens with one attached hydrogen (secondary N) is 1. The van der Waals surface area contributed by atoms with Crippen LogP contribution in [-0.4, -0.2) is 19.5 Å². The lowest BCUT2D eigenvalue weighted by atomic mass is 10.1. The number of halogens is 1. The van der Waals surface area contributed by atoms with E-state index in [1.54, 1.807) is 6.20 Å². The Morgan fingerprint density at radius 3 is 2.58 bits per heavy atom. The van der Waals surface area contributed by atoms with Crippen LogP contribution in [-0.2, 0) is 7.05 Å². The van der Waals surface area contributed by atoms with Crippen LogP contribution in [0.4, 0.5) is 11.4 Å². The van der Waals surface area contributed by atoms with Crippen molar-refractivity contribution in [2.24, 2.45) is 7.05 Å². The molecule has 3 heterocycles. The minimum absolute atomic E-state index is 0.676. The second-order valence-electron chi connectivity index (χ2n) is 7.48. The molecule has 0 radical (unpaired) electrons. The summed E-state index contributed by atoms with van der Waals surface area (Å²) >= 11 is 6.44. The zero-order valence-corrected chi connectivity index (χ0v) is 18.1. The minimum atomic E-state index is 0.676. The molecule has 5 aromatic rings. The Morgan fingerprint density at radius 2 is 1.87 bits per heavy atom. The minimum Gasteiger partial charge on any atom is -0.442 e. The highest BCUT2D eigenvalue weighted by atomic mass is 35.5. The second kappa shape index (κ2) is 7.56. The number of rotatable bonds is 4. The number of nitrogens with zero attached hydrogens (tertiary/aromatic N) is 4. The lowest BCUT2D eigenvalue weighted by molar-refractivity contribution is 0.569. The third kappa shape index (κ3) is 3.45. The van der Waals surface area contributed by atoms with Crippen LogP contribution in [0.1, 0.15) is 11.3 Å². The van der Waals surface area contributed by atoms with Crippen molar-refractivity contribution in [2.45, 2.75) is 13.8 Å². The van der Waals surface area contributed by atoms with Gasteiger partial charge in [0.15, 0.2) is 12.2 Å². The molecule has 6 nitrogen and oxygen atoms in total. The molecule has 0 spiro atoms. The molecule has 0 atom stereocenters. The van der Waals surface area contributed by atoms with Gasteiger partial charge in [-0.3, -0.25) is 4.98 Å². The van der Waals surface area contributed by atoms with Crippen molar-refractivity contribution in [1.29, 1.82) is 0 Å². The van der Waals surface area contributed by atoms with E-state index in [-0.39, 0.29) is 0 Å². The Kier molecular flexibility index (Phi) is 4.71. The normalized spacial score (nSPS) is 11.2. The van der Waals surface area contributed by atoms with E-state index in [0.29, 0.717) is 10.8 Å². The van der Waals surface area contributed by atoms with Crippen molar-refractivity contribution in [3.8, 4) is 22.8 Å². The number of aryl methyl sites for hydroxylation is 3. The Morgan fingerprint density at radius 1 is 1.03 bits per heavy atom. The van der Waals surface area contributed by atoms with Gasteiger partial charge in [-0.2, -0.15) is 0 Å². The fourth-order valence-electron chi connectivity index (χ4n) is 3.71. The molecule has 0 unspecified atom stereocenters. The summed E-state index contributed by atoms with van der Waals surface area (Å²) in [6.45, 7) is 3.97. The summed E-state index contributed by atoms with van der Waals surface area (Å²) in [6.07, 6.45) is 3.21. The topological polar surface area (TPSA) is 68.8 Å². The van der Waals surface area contributed by atoms with Gasteiger partial charge in [-0.25, -0.2) is 9.97 Å². The SMILES string of the molecule is Cc1cc(Nc2ccc(-c3ocnc3C)nc2)c2nc(-c3ccccc3Cl)n(C)c2c1. The molecule has 0 aliphatic carbocycles. The third-order valence-corrected chi connectivity index (χ3v) is 5.60. The number of aromatic nitrogens is 4. The molecule has 154 valence electrons. The predicted octanol–water partition coefficient (Wildman–Crippen LogP) is 6.30. The molecular formula is C24H20ClN5O. The van der Waals surface area contributed by atoms with E-state index in [9.17, 15) is 0 Å². The van der Waals surface area contributed by atoms with Crippen LogP contribution in [0.2, 0.25) is 5.02 Å². The predicted molar refractivity (Wildman–Crippen MR) is 124 cm³/mol. The molecule has 3 aromatic heterocycles. The highest BCUT2D eigenvalue weighted by Crippen LogP contribution is 2.34. The second-order valence-corrected chi connectivity index (χ2v) is 7.89. The summed E-state index contributed by atoms with van der Waals surface area (Å²) in [7, 11) is 2.01. The van der Waals surface area contributed by atoms with Gasteiger partial charge >= 0.3 is 0 Å². The molecule has 31 heavy (non-hydrogen) atoms. The van der Waals surface area contributed by atoms with Gasteiger partial charge in [0.2, 0.25) is 0 Å². The van der Waals surface area contributed by atoms with Crippen molar-refractivity contribution >= 4 is 34.0 Å². The van der Waals surface area contributed by atoms with Gasteiger partial charge in [-0.1, -0.05) is 23.7 Å². The average Bonchev–Trinajstić information content (AvgIpc) is 3.33. The molecule has 0 aliphatic rings. The van der Waals surface area contributed by atoms with Gasteiger partial charge in [0.05, 0.1) is 33.8 Å². The summed E-state index contributed by atoms with van der Waals surface area (Å²) in [5.41, 5.74) is 7.26. The number of hydrogen-bond donors (Lipinski definition) is 1. The van der Waals surface area contributed by atoms with Crippen molar-refractivity contribution in [3.63, 3.8) is 0 Å². The van der Waals surface area contributed by atoms with Gasteiger partial charge in [-0.05, 0) is 55.8 Å². The van der Waals surface area contributed by atoms with Gasteiger partial charge in [0, 0.05) is 12.6 Å². The van der Waals surface area contributed by atoms with E-state index < -0.39 is 0 Å². The van der Waals surface area contributed by atoms with Gasteiger partial charge in [-0.15, -0.1) is 0 Å². The number of imidazole rings is 1. The first kappa shape index (κ1) is 19.3. The first-order chi connectivity index (χ1) is 15.0. The quantitative estimate of drug-likeness (QED) is 0.363. The largest absolute Gasteiger partial charge is 0.442 e. The van der Waals surface area contributed by atoms with E-state index in [0.717, 1.165) is 50.7 Å². The zero-order valence-electron chi connectivity index (χ0n) is 17.3. The third-order valence-electron chi connectivity index (χ3n) is 5.27. The Labute approximate surface area is 184 Å². The average molecular weight is 430 g/mol. The molecule has 0 saturated carbocycles. The van der Waals surface area contributed by atoms with Crippen LogP contribution in [0, 0.1) is 13.8 Å². The number of oxazole rings is 1. The van der Waals surface area contributed by atoms with Crippen LogP contribution in [0.3, 0.4) is 0 Å². The number of pyridine rings is 1. The summed E-state index contributed by atoms with van der Waals surface area (Å²) in [5.74, 6) is 1.50. The Bertz CT molecular complexity index is 1400. The lowest BCUT2D eigenvalue weighted by Gasteiger charge is -2.09. The zero-order chi connectivity index (χ0) is 21.5. The molecular weight excluding hydrogens is 410 g/mol. The fourth-order valence-corrected chi connectivity index (χ4v) is 3.93. The number of fused-ring (bicyclic) bond motifs is 1. The monoisotopic (exact) mass is 429 g/mol. The molecule has 0 aliphatic heterocycles. The molecule has 2 aromatic carbocycles. The van der Waals surface area contributed by atoms with Crippen molar-refractivity contribution in [3.05, 3.63) is 77.4 Å². The Balaban J connectivity index is 1.55. The molecule has 0 saturated heterocycles. The molecule has 5 rings (SSSR count). The standard InChI is InChI=1S/C24H20ClN5O/c1-14-10-20(28-16-8-9-19(26-12-16)23-15(2)27-13-31-23)22-21(11-14)30(3)24(29-22)17-6-4-5-7-18(17)25/h4-13,28H,1-3H3. The number of benzene rings is 2. The molecule has 7 heteroatoms. The van der Waals surface area contributed by atoms with E-state index in [4.69, 9.17) is 21.0 Å². The van der Waals surface area contributed by atoms with E-state index in [1.807, 2.05) is 50.4 Å². The van der Waals surface area contributed by atoms with Crippen molar-refractivity contribution in [2.75, 3.05) is 5.32 Å². The van der Waals surface area contributed by atoms with Crippen molar-refractivity contribution < 1.29 is 4.42 Å². The lowest BCUT2D eigenvalue weighted by Crippen LogP contribution is -1.95. The van der Waals surface area contributed by atoms with Crippen LogP contribution in [0.15, 0.2) is 65.5 Å². The van der Waals surface area contributed by atoms with Gasteiger partial charge in [0.1, 0.15) is 17.0 Å². The molecule has 0 bridgehead atoms. The van der Waals surface area contributed by atoms with Crippen LogP contribution in [0.25, 0.3) is 33.9 Å². The maximum Gasteiger partial charge on any atom is 0.181 e. The first-order valence-electron chi connectivity index (χ1n) is 9.87. The van der Waals surface area contributed by atoms with E-state index in [2.05, 4.69) is 38.9 Å². The van der Waals surface area contributed by atoms with Gasteiger partial charge in [0.25, 0.3) is 0 Å². The van der Waals surface area contributed by atoms with E-state index in [1.165, 1.54) is 6.39 Å². The fraction of sp³-hybridized carbons (Fsp3) is 0.125. The summed E-state index contributed by atoms with van der Waals surface area (Å²) in [5, 5.41) is 4.14. The first-order valence-corrected chi connectivity index (χ1v) is 10.2. The van der Waals surface area contributed by atoms with E-state index >= 15 is 0 Å². The van der Waals surface area contributed by atoms with Crippen LogP contribution in [0.5, 0.6) is 0 Å². The van der Waals surface area contributed by atoms with Crippen LogP contribution < -0.4 is 5.32 Å². The Hall–Kier alpha value is -3.64. The van der Waals surface area contributed by atoms with Crippen LogP contribution >= 0.6 is 11.6 Å². The van der Waals surface area contributed by atoms with Crippen molar-refractivity contribution in [1.82, 2.24) is 19.5 Å². The highest BCUT2D eigenvalue weighted by Gasteiger charge is 2.16. The molecule has 0 amide bonds.